The number of anilines is 1. The highest BCUT2D eigenvalue weighted by atomic mass is 32.2. The van der Waals surface area contributed by atoms with Crippen LogP contribution in [0.15, 0.2) is 29.2 Å². The summed E-state index contributed by atoms with van der Waals surface area (Å²) in [5.41, 5.74) is 1.29. The molecule has 0 radical (unpaired) electrons. The quantitative estimate of drug-likeness (QED) is 0.657. The lowest BCUT2D eigenvalue weighted by molar-refractivity contribution is 0.767. The first kappa shape index (κ1) is 7.99. The molecule has 2 atom stereocenters. The van der Waals surface area contributed by atoms with Gasteiger partial charge in [0.15, 0.2) is 0 Å². The van der Waals surface area contributed by atoms with Gasteiger partial charge in [0, 0.05) is 21.9 Å². The van der Waals surface area contributed by atoms with E-state index in [0.29, 0.717) is 11.3 Å². The van der Waals surface area contributed by atoms with Crippen LogP contribution in [0.2, 0.25) is 0 Å². The van der Waals surface area contributed by atoms with Crippen LogP contribution >= 0.6 is 11.8 Å². The zero-order chi connectivity index (χ0) is 8.55. The maximum Gasteiger partial charge on any atom is 0.0480 e. The minimum absolute atomic E-state index is 0.574. The molecule has 1 nitrogen and oxygen atoms in total. The van der Waals surface area contributed by atoms with E-state index in [0.717, 1.165) is 0 Å². The second-order valence-corrected chi connectivity index (χ2v) is 4.67. The van der Waals surface area contributed by atoms with Crippen LogP contribution in [0.4, 0.5) is 5.69 Å². The van der Waals surface area contributed by atoms with Crippen molar-refractivity contribution in [2.24, 2.45) is 0 Å². The smallest absolute Gasteiger partial charge is 0.0480 e. The van der Waals surface area contributed by atoms with E-state index in [2.05, 4.69) is 43.4 Å². The number of thioether (sulfide) groups is 1. The molecule has 1 aromatic rings. The van der Waals surface area contributed by atoms with E-state index in [4.69, 9.17) is 0 Å². The van der Waals surface area contributed by atoms with Crippen molar-refractivity contribution in [3.8, 4) is 0 Å². The lowest BCUT2D eigenvalue weighted by Crippen LogP contribution is -2.29. The molecule has 0 aliphatic carbocycles. The van der Waals surface area contributed by atoms with Gasteiger partial charge in [-0.3, -0.25) is 0 Å². The second-order valence-electron chi connectivity index (χ2n) is 3.25. The molecule has 0 spiro atoms. The average Bonchev–Trinajstić information content (AvgIpc) is 2.07. The second kappa shape index (κ2) is 3.02. The summed E-state index contributed by atoms with van der Waals surface area (Å²) in [7, 11) is 0. The Labute approximate surface area is 77.6 Å². The molecule has 2 rings (SSSR count). The molecule has 1 N–H and O–H groups in total. The fraction of sp³-hybridized carbons (Fsp3) is 0.400. The van der Waals surface area contributed by atoms with Crippen molar-refractivity contribution >= 4 is 17.4 Å². The van der Waals surface area contributed by atoms with E-state index in [1.807, 2.05) is 11.8 Å². The fourth-order valence-electron chi connectivity index (χ4n) is 1.35. The average molecular weight is 179 g/mol. The molecule has 64 valence electrons. The van der Waals surface area contributed by atoms with Crippen molar-refractivity contribution in [1.82, 2.24) is 0 Å². The molecule has 12 heavy (non-hydrogen) atoms. The van der Waals surface area contributed by atoms with E-state index < -0.39 is 0 Å². The van der Waals surface area contributed by atoms with E-state index in [-0.39, 0.29) is 0 Å². The molecular formula is C10H13NS. The third-order valence-corrected chi connectivity index (χ3v) is 3.68. The summed E-state index contributed by atoms with van der Waals surface area (Å²) < 4.78 is 0. The first-order valence-corrected chi connectivity index (χ1v) is 5.17. The van der Waals surface area contributed by atoms with Gasteiger partial charge >= 0.3 is 0 Å². The molecule has 1 aliphatic rings. The summed E-state index contributed by atoms with van der Waals surface area (Å²) in [6.07, 6.45) is 0. The van der Waals surface area contributed by atoms with E-state index in [9.17, 15) is 0 Å². The predicted octanol–water partition coefficient (Wildman–Crippen LogP) is 2.98. The zero-order valence-corrected chi connectivity index (χ0v) is 8.19. The topological polar surface area (TPSA) is 12.0 Å². The van der Waals surface area contributed by atoms with Gasteiger partial charge in [-0.05, 0) is 19.1 Å². The Morgan fingerprint density at radius 3 is 2.83 bits per heavy atom. The highest BCUT2D eigenvalue weighted by Crippen LogP contribution is 2.36. The third kappa shape index (κ3) is 1.31. The van der Waals surface area contributed by atoms with Crippen LogP contribution in [0.1, 0.15) is 13.8 Å². The maximum absolute atomic E-state index is 3.49. The maximum atomic E-state index is 3.49. The van der Waals surface area contributed by atoms with Crippen LogP contribution in [-0.4, -0.2) is 11.3 Å². The molecule has 0 saturated heterocycles. The molecule has 0 aromatic heterocycles. The molecule has 0 saturated carbocycles. The minimum Gasteiger partial charge on any atom is -0.381 e. The van der Waals surface area contributed by atoms with Crippen LogP contribution in [0, 0.1) is 0 Å². The van der Waals surface area contributed by atoms with Crippen LogP contribution in [0.25, 0.3) is 0 Å². The Balaban J connectivity index is 2.34. The van der Waals surface area contributed by atoms with Crippen LogP contribution in [0.5, 0.6) is 0 Å². The highest BCUT2D eigenvalue weighted by Gasteiger charge is 2.20. The van der Waals surface area contributed by atoms with Crippen molar-refractivity contribution in [3.63, 3.8) is 0 Å². The van der Waals surface area contributed by atoms with Crippen molar-refractivity contribution in [3.05, 3.63) is 24.3 Å². The van der Waals surface area contributed by atoms with Gasteiger partial charge in [0.05, 0.1) is 0 Å². The summed E-state index contributed by atoms with van der Waals surface area (Å²) in [5, 5.41) is 4.16. The SMILES string of the molecule is CC1Nc2ccccc2SC1C. The summed E-state index contributed by atoms with van der Waals surface area (Å²) in [5.74, 6) is 0. The molecule has 0 amide bonds. The van der Waals surface area contributed by atoms with Gasteiger partial charge in [-0.15, -0.1) is 11.8 Å². The van der Waals surface area contributed by atoms with Gasteiger partial charge < -0.3 is 5.32 Å². The lowest BCUT2D eigenvalue weighted by Gasteiger charge is -2.29. The number of rotatable bonds is 0. The number of nitrogens with one attached hydrogen (secondary N) is 1. The number of hydrogen-bond acceptors (Lipinski definition) is 2. The van der Waals surface area contributed by atoms with Crippen molar-refractivity contribution < 1.29 is 0 Å². The van der Waals surface area contributed by atoms with Crippen molar-refractivity contribution in [2.45, 2.75) is 30.0 Å². The normalized spacial score (nSPS) is 27.5. The number of fused-ring (bicyclic) bond motifs is 1. The summed E-state index contributed by atoms with van der Waals surface area (Å²) in [6, 6.07) is 9.07. The number of para-hydroxylation sites is 1. The van der Waals surface area contributed by atoms with Crippen LogP contribution < -0.4 is 5.32 Å². The highest BCUT2D eigenvalue weighted by molar-refractivity contribution is 8.00. The van der Waals surface area contributed by atoms with E-state index in [1.54, 1.807) is 0 Å². The summed E-state index contributed by atoms with van der Waals surface area (Å²) >= 11 is 1.96. The Morgan fingerprint density at radius 1 is 1.25 bits per heavy atom. The molecular weight excluding hydrogens is 166 g/mol. The molecule has 0 fully saturated rings. The molecule has 1 heterocycles. The Bertz CT molecular complexity index is 256. The third-order valence-electron chi connectivity index (χ3n) is 2.29. The van der Waals surface area contributed by atoms with E-state index >= 15 is 0 Å². The van der Waals surface area contributed by atoms with Gasteiger partial charge in [-0.2, -0.15) is 0 Å². The van der Waals surface area contributed by atoms with Gasteiger partial charge in [0.1, 0.15) is 0 Å². The molecule has 1 aliphatic heterocycles. The predicted molar refractivity (Wildman–Crippen MR) is 54.8 cm³/mol. The number of hydrogen-bond donors (Lipinski definition) is 1. The Morgan fingerprint density at radius 2 is 2.00 bits per heavy atom. The summed E-state index contributed by atoms with van der Waals surface area (Å²) in [6.45, 7) is 4.49. The standard InChI is InChI=1S/C10H13NS/c1-7-8(2)12-10-6-4-3-5-9(10)11-7/h3-8,11H,1-2H3. The fourth-order valence-corrected chi connectivity index (χ4v) is 2.44. The largest absolute Gasteiger partial charge is 0.381 e. The Kier molecular flexibility index (Phi) is 2.01. The van der Waals surface area contributed by atoms with Crippen LogP contribution in [0.3, 0.4) is 0 Å². The van der Waals surface area contributed by atoms with E-state index in [1.165, 1.54) is 10.6 Å². The van der Waals surface area contributed by atoms with Crippen LogP contribution in [-0.2, 0) is 0 Å². The van der Waals surface area contributed by atoms with Gasteiger partial charge in [0.2, 0.25) is 0 Å². The van der Waals surface area contributed by atoms with Gasteiger partial charge in [0.25, 0.3) is 0 Å². The van der Waals surface area contributed by atoms with Gasteiger partial charge in [-0.25, -0.2) is 0 Å². The number of benzene rings is 1. The molecule has 2 heteroatoms. The van der Waals surface area contributed by atoms with Gasteiger partial charge in [-0.1, -0.05) is 19.1 Å². The first-order chi connectivity index (χ1) is 5.77. The monoisotopic (exact) mass is 179 g/mol. The first-order valence-electron chi connectivity index (χ1n) is 4.29. The zero-order valence-electron chi connectivity index (χ0n) is 7.37. The molecule has 2 unspecified atom stereocenters. The molecule has 0 bridgehead atoms. The molecule has 1 aromatic carbocycles. The lowest BCUT2D eigenvalue weighted by atomic mass is 10.2. The van der Waals surface area contributed by atoms with Crippen molar-refractivity contribution in [2.75, 3.05) is 5.32 Å². The Hall–Kier alpha value is -0.630. The summed E-state index contributed by atoms with van der Waals surface area (Å²) in [4.78, 5) is 1.38. The minimum atomic E-state index is 0.574. The van der Waals surface area contributed by atoms with Crippen molar-refractivity contribution in [1.29, 1.82) is 0 Å².